The number of rotatable bonds is 6. The number of benzene rings is 1. The molecule has 4 rings (SSSR count). The number of hydrogen-bond donors (Lipinski definition) is 1. The Kier molecular flexibility index (Phi) is 4.69. The Balaban J connectivity index is 1.28. The van der Waals surface area contributed by atoms with Crippen LogP contribution < -0.4 is 15.0 Å². The van der Waals surface area contributed by atoms with Gasteiger partial charge < -0.3 is 15.0 Å². The van der Waals surface area contributed by atoms with E-state index in [1.54, 1.807) is 17.0 Å². The monoisotopic (exact) mass is 365 g/mol. The lowest BCUT2D eigenvalue weighted by Crippen LogP contribution is -2.29. The zero-order valence-corrected chi connectivity index (χ0v) is 14.7. The minimum absolute atomic E-state index is 0.0985. The maximum absolute atomic E-state index is 12.0. The van der Waals surface area contributed by atoms with Crippen molar-refractivity contribution < 1.29 is 14.3 Å². The van der Waals surface area contributed by atoms with Gasteiger partial charge in [-0.25, -0.2) is 0 Å². The van der Waals surface area contributed by atoms with Gasteiger partial charge in [0.1, 0.15) is 5.75 Å². The second kappa shape index (κ2) is 7.45. The molecule has 3 heterocycles. The fourth-order valence-corrected chi connectivity index (χ4v) is 3.03. The Labute approximate surface area is 155 Å². The van der Waals surface area contributed by atoms with E-state index in [0.29, 0.717) is 18.0 Å². The number of amides is 2. The molecule has 1 saturated heterocycles. The van der Waals surface area contributed by atoms with Crippen LogP contribution in [0.5, 0.6) is 5.75 Å². The van der Waals surface area contributed by atoms with Crippen LogP contribution in [0.1, 0.15) is 18.7 Å². The van der Waals surface area contributed by atoms with Gasteiger partial charge in [0.15, 0.2) is 18.1 Å². The average Bonchev–Trinajstić information content (AvgIpc) is 3.31. The lowest BCUT2D eigenvalue weighted by molar-refractivity contribution is -0.123. The third kappa shape index (κ3) is 3.74. The first-order chi connectivity index (χ1) is 13.2. The Morgan fingerprint density at radius 3 is 2.78 bits per heavy atom. The van der Waals surface area contributed by atoms with Crippen LogP contribution >= 0.6 is 0 Å². The number of nitrogens with one attached hydrogen (secondary N) is 1. The number of carbonyl (C=O) groups excluding carboxylic acids is 2. The summed E-state index contributed by atoms with van der Waals surface area (Å²) < 4.78 is 7.33. The molecule has 2 amide bonds. The molecule has 138 valence electrons. The number of carbonyl (C=O) groups is 2. The maximum atomic E-state index is 12.0. The van der Waals surface area contributed by atoms with Crippen molar-refractivity contribution in [1.82, 2.24) is 19.9 Å². The van der Waals surface area contributed by atoms with Crippen LogP contribution in [0.4, 0.5) is 5.69 Å². The minimum atomic E-state index is -0.249. The highest BCUT2D eigenvalue weighted by atomic mass is 16.5. The second-order valence-corrected chi connectivity index (χ2v) is 6.25. The van der Waals surface area contributed by atoms with Gasteiger partial charge in [0.05, 0.1) is 6.54 Å². The van der Waals surface area contributed by atoms with Crippen molar-refractivity contribution >= 4 is 23.1 Å². The van der Waals surface area contributed by atoms with Crippen molar-refractivity contribution in [2.75, 3.05) is 18.1 Å². The van der Waals surface area contributed by atoms with E-state index < -0.39 is 0 Å². The van der Waals surface area contributed by atoms with Crippen molar-refractivity contribution in [2.45, 2.75) is 19.4 Å². The van der Waals surface area contributed by atoms with Crippen LogP contribution in [0.15, 0.2) is 48.7 Å². The van der Waals surface area contributed by atoms with E-state index >= 15 is 0 Å². The van der Waals surface area contributed by atoms with Gasteiger partial charge in [-0.05, 0) is 42.8 Å². The van der Waals surface area contributed by atoms with Gasteiger partial charge in [0.25, 0.3) is 5.91 Å². The van der Waals surface area contributed by atoms with Gasteiger partial charge in [-0.1, -0.05) is 6.07 Å². The summed E-state index contributed by atoms with van der Waals surface area (Å²) in [6.45, 7) is 0.918. The van der Waals surface area contributed by atoms with Gasteiger partial charge >= 0.3 is 0 Å². The summed E-state index contributed by atoms with van der Waals surface area (Å²) in [5.74, 6) is 1.12. The Bertz CT molecular complexity index is 967. The summed E-state index contributed by atoms with van der Waals surface area (Å²) in [5, 5.41) is 10.9. The molecule has 0 bridgehead atoms. The fourth-order valence-electron chi connectivity index (χ4n) is 3.03. The minimum Gasteiger partial charge on any atom is -0.484 e. The molecule has 1 fully saturated rings. The summed E-state index contributed by atoms with van der Waals surface area (Å²) in [7, 11) is 0. The molecule has 0 radical (unpaired) electrons. The summed E-state index contributed by atoms with van der Waals surface area (Å²) in [4.78, 5) is 25.5. The van der Waals surface area contributed by atoms with Gasteiger partial charge in [-0.3, -0.25) is 14.0 Å². The number of aromatic nitrogens is 3. The normalized spacial score (nSPS) is 13.9. The molecule has 0 saturated carbocycles. The predicted octanol–water partition coefficient (Wildman–Crippen LogP) is 1.55. The quantitative estimate of drug-likeness (QED) is 0.716. The first-order valence-corrected chi connectivity index (χ1v) is 8.79. The van der Waals surface area contributed by atoms with Crippen molar-refractivity contribution in [2.24, 2.45) is 0 Å². The van der Waals surface area contributed by atoms with Crippen LogP contribution in [-0.2, 0) is 16.1 Å². The van der Waals surface area contributed by atoms with E-state index in [2.05, 4.69) is 15.5 Å². The number of nitrogens with zero attached hydrogens (tertiary/aromatic N) is 4. The van der Waals surface area contributed by atoms with Crippen molar-refractivity contribution in [3.8, 4) is 5.75 Å². The van der Waals surface area contributed by atoms with E-state index in [1.165, 1.54) is 0 Å². The smallest absolute Gasteiger partial charge is 0.258 e. The SMILES string of the molecule is O=C(COc1ccc(N2CCCC2=O)cc1)NCc1nnc2ccccn12. The molecule has 8 heteroatoms. The highest BCUT2D eigenvalue weighted by Crippen LogP contribution is 2.23. The van der Waals surface area contributed by atoms with E-state index in [9.17, 15) is 9.59 Å². The number of pyridine rings is 1. The highest BCUT2D eigenvalue weighted by Gasteiger charge is 2.21. The first kappa shape index (κ1) is 17.0. The summed E-state index contributed by atoms with van der Waals surface area (Å²) >= 11 is 0. The van der Waals surface area contributed by atoms with E-state index in [-0.39, 0.29) is 25.0 Å². The lowest BCUT2D eigenvalue weighted by Gasteiger charge is -2.16. The Hall–Kier alpha value is -3.42. The zero-order chi connectivity index (χ0) is 18.6. The molecule has 1 N–H and O–H groups in total. The Morgan fingerprint density at radius 1 is 1.15 bits per heavy atom. The topological polar surface area (TPSA) is 88.8 Å². The van der Waals surface area contributed by atoms with Gasteiger partial charge in [-0.15, -0.1) is 10.2 Å². The third-order valence-electron chi connectivity index (χ3n) is 4.42. The van der Waals surface area contributed by atoms with Crippen molar-refractivity contribution in [3.63, 3.8) is 0 Å². The summed E-state index contributed by atoms with van der Waals surface area (Å²) in [6.07, 6.45) is 3.33. The largest absolute Gasteiger partial charge is 0.484 e. The third-order valence-corrected chi connectivity index (χ3v) is 4.42. The lowest BCUT2D eigenvalue weighted by atomic mass is 10.3. The predicted molar refractivity (Wildman–Crippen MR) is 98.4 cm³/mol. The van der Waals surface area contributed by atoms with Gasteiger partial charge in [0, 0.05) is 24.8 Å². The van der Waals surface area contributed by atoms with E-state index in [0.717, 1.165) is 24.3 Å². The molecule has 8 nitrogen and oxygen atoms in total. The maximum Gasteiger partial charge on any atom is 0.258 e. The molecule has 0 atom stereocenters. The fraction of sp³-hybridized carbons (Fsp3) is 0.263. The van der Waals surface area contributed by atoms with Crippen molar-refractivity contribution in [3.05, 3.63) is 54.5 Å². The molecule has 1 aliphatic rings. The number of fused-ring (bicyclic) bond motifs is 1. The summed E-state index contributed by atoms with van der Waals surface area (Å²) in [5.41, 5.74) is 1.59. The first-order valence-electron chi connectivity index (χ1n) is 8.79. The van der Waals surface area contributed by atoms with Crippen molar-refractivity contribution in [1.29, 1.82) is 0 Å². The van der Waals surface area contributed by atoms with Crippen LogP contribution in [0.25, 0.3) is 5.65 Å². The molecule has 27 heavy (non-hydrogen) atoms. The van der Waals surface area contributed by atoms with Crippen LogP contribution in [0, 0.1) is 0 Å². The molecule has 1 aliphatic heterocycles. The number of ether oxygens (including phenoxy) is 1. The highest BCUT2D eigenvalue weighted by molar-refractivity contribution is 5.95. The standard InChI is InChI=1S/C19H19N5O3/c25-18(20-12-17-22-21-16-4-1-2-10-24(16)17)13-27-15-8-6-14(7-9-15)23-11-3-5-19(23)26/h1-2,4,6-10H,3,5,11-13H2,(H,20,25). The molecule has 0 spiro atoms. The second-order valence-electron chi connectivity index (χ2n) is 6.25. The Morgan fingerprint density at radius 2 is 2.00 bits per heavy atom. The van der Waals surface area contributed by atoms with E-state index in [4.69, 9.17) is 4.74 Å². The van der Waals surface area contributed by atoms with Gasteiger partial charge in [-0.2, -0.15) is 0 Å². The van der Waals surface area contributed by atoms with Crippen LogP contribution in [0.2, 0.25) is 0 Å². The molecule has 3 aromatic rings. The molecular formula is C19H19N5O3. The molecule has 2 aromatic heterocycles. The average molecular weight is 365 g/mol. The molecule has 1 aromatic carbocycles. The summed E-state index contributed by atoms with van der Waals surface area (Å²) in [6, 6.07) is 12.8. The molecule has 0 unspecified atom stereocenters. The number of anilines is 1. The number of hydrogen-bond acceptors (Lipinski definition) is 5. The van der Waals surface area contributed by atoms with Crippen LogP contribution in [0.3, 0.4) is 0 Å². The molecule has 0 aliphatic carbocycles. The van der Waals surface area contributed by atoms with Gasteiger partial charge in [0.2, 0.25) is 5.91 Å². The van der Waals surface area contributed by atoms with Crippen LogP contribution in [-0.4, -0.2) is 39.6 Å². The zero-order valence-electron chi connectivity index (χ0n) is 14.7. The van der Waals surface area contributed by atoms with E-state index in [1.807, 2.05) is 40.9 Å². The molecular weight excluding hydrogens is 346 g/mol.